The summed E-state index contributed by atoms with van der Waals surface area (Å²) in [7, 11) is -3.21. The monoisotopic (exact) mass is 379 g/mol. The van der Waals surface area contributed by atoms with E-state index in [1.807, 2.05) is 0 Å². The van der Waals surface area contributed by atoms with Crippen molar-refractivity contribution in [3.63, 3.8) is 0 Å². The smallest absolute Gasteiger partial charge is 0.319 e. The van der Waals surface area contributed by atoms with Gasteiger partial charge in [0, 0.05) is 18.8 Å². The molecule has 0 spiro atoms. The van der Waals surface area contributed by atoms with Gasteiger partial charge in [-0.3, -0.25) is 4.31 Å². The molecule has 1 saturated carbocycles. The van der Waals surface area contributed by atoms with Gasteiger partial charge in [-0.25, -0.2) is 13.2 Å². The second-order valence-electron chi connectivity index (χ2n) is 7.42. The van der Waals surface area contributed by atoms with Crippen molar-refractivity contribution in [2.24, 2.45) is 11.8 Å². The summed E-state index contributed by atoms with van der Waals surface area (Å²) >= 11 is 0. The summed E-state index contributed by atoms with van der Waals surface area (Å²) in [6.07, 6.45) is 6.78. The van der Waals surface area contributed by atoms with Crippen molar-refractivity contribution in [2.45, 2.75) is 45.4 Å². The lowest BCUT2D eigenvalue weighted by atomic mass is 9.81. The van der Waals surface area contributed by atoms with Crippen molar-refractivity contribution in [2.75, 3.05) is 28.5 Å². The molecule has 1 saturated heterocycles. The topological polar surface area (TPSA) is 78.5 Å². The Hall–Kier alpha value is -1.76. The van der Waals surface area contributed by atoms with Crippen LogP contribution in [0.15, 0.2) is 24.3 Å². The summed E-state index contributed by atoms with van der Waals surface area (Å²) in [6, 6.07) is 6.79. The van der Waals surface area contributed by atoms with Crippen molar-refractivity contribution in [1.29, 1.82) is 0 Å². The van der Waals surface area contributed by atoms with Gasteiger partial charge < -0.3 is 10.6 Å². The van der Waals surface area contributed by atoms with Crippen molar-refractivity contribution in [3.05, 3.63) is 24.3 Å². The third-order valence-electron chi connectivity index (χ3n) is 5.59. The Morgan fingerprint density at radius 1 is 1.19 bits per heavy atom. The van der Waals surface area contributed by atoms with Gasteiger partial charge in [0.15, 0.2) is 0 Å². The first-order chi connectivity index (χ1) is 12.5. The molecule has 1 aliphatic carbocycles. The quantitative estimate of drug-likeness (QED) is 0.821. The molecule has 144 valence electrons. The van der Waals surface area contributed by atoms with E-state index in [0.29, 0.717) is 36.8 Å². The summed E-state index contributed by atoms with van der Waals surface area (Å²) < 4.78 is 25.5. The lowest BCUT2D eigenvalue weighted by Gasteiger charge is -2.27. The molecule has 2 fully saturated rings. The molecule has 6 nitrogen and oxygen atoms in total. The number of amides is 2. The van der Waals surface area contributed by atoms with Crippen molar-refractivity contribution in [1.82, 2.24) is 5.32 Å². The minimum absolute atomic E-state index is 0.186. The number of nitrogens with one attached hydrogen (secondary N) is 2. The molecule has 1 aliphatic heterocycles. The molecular formula is C19H29N3O3S. The average Bonchev–Trinajstić information content (AvgIpc) is 3.00. The largest absolute Gasteiger partial charge is 0.338 e. The van der Waals surface area contributed by atoms with Crippen molar-refractivity contribution >= 4 is 27.4 Å². The molecule has 2 amide bonds. The third kappa shape index (κ3) is 4.69. The van der Waals surface area contributed by atoms with E-state index < -0.39 is 10.0 Å². The zero-order chi connectivity index (χ0) is 18.6. The molecule has 1 heterocycles. The van der Waals surface area contributed by atoms with Crippen LogP contribution < -0.4 is 14.9 Å². The molecule has 0 radical (unpaired) electrons. The second-order valence-corrected chi connectivity index (χ2v) is 9.43. The first kappa shape index (κ1) is 19.0. The van der Waals surface area contributed by atoms with Crippen molar-refractivity contribution < 1.29 is 13.2 Å². The van der Waals surface area contributed by atoms with Crippen LogP contribution in [0, 0.1) is 11.8 Å². The fourth-order valence-corrected chi connectivity index (χ4v) is 5.48. The number of urea groups is 1. The molecule has 0 unspecified atom stereocenters. The highest BCUT2D eigenvalue weighted by Crippen LogP contribution is 2.30. The number of hydrogen-bond acceptors (Lipinski definition) is 3. The first-order valence-corrected chi connectivity index (χ1v) is 11.2. The molecule has 0 atom stereocenters. The molecule has 1 aromatic carbocycles. The van der Waals surface area contributed by atoms with Gasteiger partial charge in [-0.05, 0) is 49.3 Å². The van der Waals surface area contributed by atoms with Crippen LogP contribution >= 0.6 is 0 Å². The van der Waals surface area contributed by atoms with E-state index in [9.17, 15) is 13.2 Å². The Balaban J connectivity index is 1.51. The summed E-state index contributed by atoms with van der Waals surface area (Å²) in [5, 5.41) is 5.78. The Morgan fingerprint density at radius 3 is 2.58 bits per heavy atom. The molecular weight excluding hydrogens is 350 g/mol. The number of hydrogen-bond donors (Lipinski definition) is 2. The molecule has 3 rings (SSSR count). The lowest BCUT2D eigenvalue weighted by Crippen LogP contribution is -2.34. The highest BCUT2D eigenvalue weighted by Gasteiger charge is 2.28. The fourth-order valence-electron chi connectivity index (χ4n) is 3.92. The van der Waals surface area contributed by atoms with Gasteiger partial charge in [0.25, 0.3) is 0 Å². The second kappa shape index (κ2) is 8.29. The van der Waals surface area contributed by atoms with Crippen LogP contribution in [-0.2, 0) is 10.0 Å². The van der Waals surface area contributed by atoms with Gasteiger partial charge in [-0.1, -0.05) is 32.3 Å². The number of carbonyl (C=O) groups excluding carboxylic acids is 1. The molecule has 7 heteroatoms. The first-order valence-electron chi connectivity index (χ1n) is 9.63. The standard InChI is InChI=1S/C19H29N3O3S/c1-2-15-7-9-16(10-8-15)14-20-19(23)21-17-5-3-6-18(13-17)22-11-4-12-26(22,24)25/h3,5-6,13,15-16H,2,4,7-12,14H2,1H3,(H2,20,21,23). The minimum atomic E-state index is -3.21. The number of rotatable bonds is 5. The summed E-state index contributed by atoms with van der Waals surface area (Å²) in [4.78, 5) is 12.2. The Kier molecular flexibility index (Phi) is 6.06. The summed E-state index contributed by atoms with van der Waals surface area (Å²) in [5.41, 5.74) is 1.22. The van der Waals surface area contributed by atoms with E-state index in [1.165, 1.54) is 36.4 Å². The van der Waals surface area contributed by atoms with Crippen LogP contribution in [-0.4, -0.2) is 33.3 Å². The van der Waals surface area contributed by atoms with Crippen LogP contribution in [0.3, 0.4) is 0 Å². The van der Waals surface area contributed by atoms with Gasteiger partial charge in [0.2, 0.25) is 10.0 Å². The number of nitrogens with zero attached hydrogens (tertiary/aromatic N) is 1. The summed E-state index contributed by atoms with van der Waals surface area (Å²) in [6.45, 7) is 3.44. The van der Waals surface area contributed by atoms with Gasteiger partial charge in [0.1, 0.15) is 0 Å². The molecule has 2 N–H and O–H groups in total. The maximum atomic E-state index is 12.2. The van der Waals surface area contributed by atoms with E-state index >= 15 is 0 Å². The number of anilines is 2. The Morgan fingerprint density at radius 2 is 1.92 bits per heavy atom. The van der Waals surface area contributed by atoms with Gasteiger partial charge in [-0.15, -0.1) is 0 Å². The van der Waals surface area contributed by atoms with Gasteiger partial charge >= 0.3 is 6.03 Å². The maximum Gasteiger partial charge on any atom is 0.319 e. The van der Waals surface area contributed by atoms with Crippen LogP contribution in [0.5, 0.6) is 0 Å². The minimum Gasteiger partial charge on any atom is -0.338 e. The number of carbonyl (C=O) groups is 1. The highest BCUT2D eigenvalue weighted by atomic mass is 32.2. The van der Waals surface area contributed by atoms with Gasteiger partial charge in [-0.2, -0.15) is 0 Å². The zero-order valence-electron chi connectivity index (χ0n) is 15.4. The number of sulfonamides is 1. The molecule has 0 aromatic heterocycles. The van der Waals surface area contributed by atoms with Crippen LogP contribution in [0.1, 0.15) is 45.4 Å². The van der Waals surface area contributed by atoms with E-state index in [-0.39, 0.29) is 11.8 Å². The fraction of sp³-hybridized carbons (Fsp3) is 0.632. The van der Waals surface area contributed by atoms with Crippen LogP contribution in [0.25, 0.3) is 0 Å². The van der Waals surface area contributed by atoms with E-state index in [2.05, 4.69) is 17.6 Å². The maximum absolute atomic E-state index is 12.2. The Bertz CT molecular complexity index is 727. The predicted octanol–water partition coefficient (Wildman–Crippen LogP) is 3.56. The van der Waals surface area contributed by atoms with E-state index in [1.54, 1.807) is 24.3 Å². The molecule has 1 aromatic rings. The SMILES string of the molecule is CCC1CCC(CNC(=O)Nc2cccc(N3CCCS3(=O)=O)c2)CC1. The third-order valence-corrected chi connectivity index (χ3v) is 7.46. The molecule has 2 aliphatic rings. The van der Waals surface area contributed by atoms with Crippen LogP contribution in [0.2, 0.25) is 0 Å². The number of benzene rings is 1. The predicted molar refractivity (Wildman–Crippen MR) is 105 cm³/mol. The zero-order valence-corrected chi connectivity index (χ0v) is 16.2. The highest BCUT2D eigenvalue weighted by molar-refractivity contribution is 7.93. The normalized spacial score (nSPS) is 25.0. The van der Waals surface area contributed by atoms with E-state index in [0.717, 1.165) is 5.92 Å². The molecule has 26 heavy (non-hydrogen) atoms. The van der Waals surface area contributed by atoms with Gasteiger partial charge in [0.05, 0.1) is 11.4 Å². The molecule has 0 bridgehead atoms. The van der Waals surface area contributed by atoms with Crippen LogP contribution in [0.4, 0.5) is 16.2 Å². The Labute approximate surface area is 156 Å². The van der Waals surface area contributed by atoms with E-state index in [4.69, 9.17) is 0 Å². The average molecular weight is 380 g/mol. The van der Waals surface area contributed by atoms with Crippen molar-refractivity contribution in [3.8, 4) is 0 Å². The lowest BCUT2D eigenvalue weighted by molar-refractivity contribution is 0.239. The summed E-state index contributed by atoms with van der Waals surface area (Å²) in [5.74, 6) is 1.60.